The molecule has 2 aromatic heterocycles. The van der Waals surface area contributed by atoms with Crippen molar-refractivity contribution in [2.24, 2.45) is 7.05 Å². The van der Waals surface area contributed by atoms with E-state index >= 15 is 0 Å². The zero-order valence-electron chi connectivity index (χ0n) is 17.1. The monoisotopic (exact) mass is 407 g/mol. The van der Waals surface area contributed by atoms with Gasteiger partial charge in [0.2, 0.25) is 0 Å². The molecule has 0 fully saturated rings. The van der Waals surface area contributed by atoms with E-state index in [1.807, 2.05) is 24.0 Å². The first kappa shape index (κ1) is 20.2. The van der Waals surface area contributed by atoms with Gasteiger partial charge in [0.1, 0.15) is 5.82 Å². The first-order chi connectivity index (χ1) is 14.6. The fraction of sp³-hybridized carbons (Fsp3) is 0.348. The molecule has 0 saturated carbocycles. The maximum Gasteiger partial charge on any atom is 0.272 e. The Bertz CT molecular complexity index is 1000. The number of amides is 1. The molecule has 0 radical (unpaired) electrons. The number of carbonyl (C=O) groups is 1. The Balaban J connectivity index is 1.37. The van der Waals surface area contributed by atoms with Crippen molar-refractivity contribution in [1.82, 2.24) is 25.4 Å². The lowest BCUT2D eigenvalue weighted by Gasteiger charge is -2.24. The van der Waals surface area contributed by atoms with E-state index in [4.69, 9.17) is 0 Å². The van der Waals surface area contributed by atoms with Gasteiger partial charge in [0.05, 0.1) is 0 Å². The van der Waals surface area contributed by atoms with Gasteiger partial charge in [0, 0.05) is 43.3 Å². The summed E-state index contributed by atoms with van der Waals surface area (Å²) < 4.78 is 14.9. The molecule has 7 heteroatoms. The van der Waals surface area contributed by atoms with Crippen molar-refractivity contribution in [3.63, 3.8) is 0 Å². The number of aromatic nitrogens is 3. The Labute approximate surface area is 175 Å². The molecule has 2 heterocycles. The average Bonchev–Trinajstić information content (AvgIpc) is 3.10. The molecule has 1 amide bonds. The topological polar surface area (TPSA) is 71.8 Å². The minimum absolute atomic E-state index is 0.188. The second-order valence-corrected chi connectivity index (χ2v) is 7.71. The number of fused-ring (bicyclic) bond motifs is 1. The fourth-order valence-corrected chi connectivity index (χ4v) is 3.98. The number of nitrogens with one attached hydrogen (secondary N) is 2. The number of rotatable bonds is 7. The predicted octanol–water partition coefficient (Wildman–Crippen LogP) is 2.57. The van der Waals surface area contributed by atoms with Crippen LogP contribution in [0.3, 0.4) is 0 Å². The van der Waals surface area contributed by atoms with Crippen LogP contribution in [-0.2, 0) is 32.9 Å². The van der Waals surface area contributed by atoms with E-state index < -0.39 is 0 Å². The van der Waals surface area contributed by atoms with Gasteiger partial charge >= 0.3 is 0 Å². The lowest BCUT2D eigenvalue weighted by Crippen LogP contribution is -2.36. The number of hydrogen-bond acceptors (Lipinski definition) is 4. The molecule has 1 aliphatic rings. The van der Waals surface area contributed by atoms with Gasteiger partial charge in [-0.3, -0.25) is 14.5 Å². The van der Waals surface area contributed by atoms with Gasteiger partial charge < -0.3 is 10.6 Å². The van der Waals surface area contributed by atoms with Crippen LogP contribution in [0.5, 0.6) is 0 Å². The van der Waals surface area contributed by atoms with Crippen LogP contribution in [0.2, 0.25) is 0 Å². The van der Waals surface area contributed by atoms with Crippen molar-refractivity contribution < 1.29 is 9.18 Å². The zero-order valence-corrected chi connectivity index (χ0v) is 17.1. The molecule has 30 heavy (non-hydrogen) atoms. The SMILES string of the molecule is Cn1nc(C(=O)NCc2ccc(F)cc2)c2c1CCC(NCCc1cccnc1)C2. The summed E-state index contributed by atoms with van der Waals surface area (Å²) in [6, 6.07) is 10.5. The molecular formula is C23H26FN5O. The summed E-state index contributed by atoms with van der Waals surface area (Å²) in [6.07, 6.45) is 7.31. The molecule has 3 aromatic rings. The van der Waals surface area contributed by atoms with Gasteiger partial charge in [-0.25, -0.2) is 4.39 Å². The standard InChI is InChI=1S/C23H26FN5O/c1-29-21-9-8-19(26-12-10-16-3-2-11-25-14-16)13-20(21)22(28-29)23(30)27-15-17-4-6-18(24)7-5-17/h2-7,11,14,19,26H,8-10,12-13,15H2,1H3,(H,27,30). The van der Waals surface area contributed by atoms with Gasteiger partial charge in [0.25, 0.3) is 5.91 Å². The van der Waals surface area contributed by atoms with E-state index in [0.717, 1.165) is 49.0 Å². The summed E-state index contributed by atoms with van der Waals surface area (Å²) in [7, 11) is 1.89. The summed E-state index contributed by atoms with van der Waals surface area (Å²) in [4.78, 5) is 16.9. The smallest absolute Gasteiger partial charge is 0.272 e. The van der Waals surface area contributed by atoms with Crippen LogP contribution >= 0.6 is 0 Å². The van der Waals surface area contributed by atoms with Crippen LogP contribution < -0.4 is 10.6 Å². The summed E-state index contributed by atoms with van der Waals surface area (Å²) in [5, 5.41) is 11.0. The van der Waals surface area contributed by atoms with Crippen molar-refractivity contribution in [3.8, 4) is 0 Å². The summed E-state index contributed by atoms with van der Waals surface area (Å²) in [5.41, 5.74) is 4.72. The van der Waals surface area contributed by atoms with Crippen LogP contribution in [0.15, 0.2) is 48.8 Å². The number of pyridine rings is 1. The minimum Gasteiger partial charge on any atom is -0.347 e. The number of carbonyl (C=O) groups excluding carboxylic acids is 1. The summed E-state index contributed by atoms with van der Waals surface area (Å²) >= 11 is 0. The first-order valence-electron chi connectivity index (χ1n) is 10.3. The third-order valence-electron chi connectivity index (χ3n) is 5.61. The van der Waals surface area contributed by atoms with Gasteiger partial charge in [-0.15, -0.1) is 0 Å². The van der Waals surface area contributed by atoms with E-state index in [0.29, 0.717) is 18.3 Å². The van der Waals surface area contributed by atoms with Gasteiger partial charge in [-0.1, -0.05) is 18.2 Å². The Morgan fingerprint density at radius 1 is 1.23 bits per heavy atom. The third kappa shape index (κ3) is 4.74. The molecule has 156 valence electrons. The predicted molar refractivity (Wildman–Crippen MR) is 113 cm³/mol. The van der Waals surface area contributed by atoms with Crippen molar-refractivity contribution in [3.05, 3.63) is 82.7 Å². The van der Waals surface area contributed by atoms with E-state index in [2.05, 4.69) is 26.8 Å². The van der Waals surface area contributed by atoms with Gasteiger partial charge in [-0.2, -0.15) is 5.10 Å². The molecule has 0 bridgehead atoms. The van der Waals surface area contributed by atoms with E-state index in [1.165, 1.54) is 17.7 Å². The van der Waals surface area contributed by atoms with E-state index in [9.17, 15) is 9.18 Å². The summed E-state index contributed by atoms with van der Waals surface area (Å²) in [6.45, 7) is 1.22. The number of nitrogens with zero attached hydrogens (tertiary/aromatic N) is 3. The Kier molecular flexibility index (Phi) is 6.18. The highest BCUT2D eigenvalue weighted by molar-refractivity contribution is 5.94. The fourth-order valence-electron chi connectivity index (χ4n) is 3.98. The van der Waals surface area contributed by atoms with Crippen molar-refractivity contribution in [1.29, 1.82) is 0 Å². The van der Waals surface area contributed by atoms with Crippen LogP contribution in [0.1, 0.15) is 39.3 Å². The van der Waals surface area contributed by atoms with Crippen LogP contribution in [0.25, 0.3) is 0 Å². The first-order valence-corrected chi connectivity index (χ1v) is 10.3. The molecule has 4 rings (SSSR count). The number of hydrogen-bond donors (Lipinski definition) is 2. The Hall–Kier alpha value is -3.06. The number of aryl methyl sites for hydroxylation is 1. The molecule has 1 aromatic carbocycles. The van der Waals surface area contributed by atoms with Crippen LogP contribution in [-0.4, -0.2) is 33.3 Å². The lowest BCUT2D eigenvalue weighted by molar-refractivity contribution is 0.0944. The maximum absolute atomic E-state index is 13.1. The van der Waals surface area contributed by atoms with Crippen molar-refractivity contribution in [2.75, 3.05) is 6.54 Å². The zero-order chi connectivity index (χ0) is 20.9. The van der Waals surface area contributed by atoms with Gasteiger partial charge in [-0.05, 0) is 61.6 Å². The Morgan fingerprint density at radius 2 is 2.07 bits per heavy atom. The summed E-state index contributed by atoms with van der Waals surface area (Å²) in [5.74, 6) is -0.474. The third-order valence-corrected chi connectivity index (χ3v) is 5.61. The normalized spacial score (nSPS) is 15.6. The second-order valence-electron chi connectivity index (χ2n) is 7.71. The van der Waals surface area contributed by atoms with Crippen molar-refractivity contribution >= 4 is 5.91 Å². The molecule has 1 unspecified atom stereocenters. The molecule has 1 atom stereocenters. The molecule has 0 saturated heterocycles. The Morgan fingerprint density at radius 3 is 2.83 bits per heavy atom. The molecular weight excluding hydrogens is 381 g/mol. The highest BCUT2D eigenvalue weighted by Crippen LogP contribution is 2.24. The average molecular weight is 407 g/mol. The van der Waals surface area contributed by atoms with Crippen LogP contribution in [0.4, 0.5) is 4.39 Å². The molecule has 6 nitrogen and oxygen atoms in total. The molecule has 0 spiro atoms. The van der Waals surface area contributed by atoms with Crippen molar-refractivity contribution in [2.45, 2.75) is 38.3 Å². The van der Waals surface area contributed by atoms with Gasteiger partial charge in [0.15, 0.2) is 5.69 Å². The minimum atomic E-state index is -0.286. The van der Waals surface area contributed by atoms with E-state index in [-0.39, 0.29) is 11.7 Å². The highest BCUT2D eigenvalue weighted by atomic mass is 19.1. The highest BCUT2D eigenvalue weighted by Gasteiger charge is 2.28. The molecule has 2 N–H and O–H groups in total. The maximum atomic E-state index is 13.1. The number of halogens is 1. The van der Waals surface area contributed by atoms with E-state index in [1.54, 1.807) is 18.3 Å². The molecule has 1 aliphatic carbocycles. The van der Waals surface area contributed by atoms with Crippen LogP contribution in [0, 0.1) is 5.82 Å². The quantitative estimate of drug-likeness (QED) is 0.632. The second kappa shape index (κ2) is 9.17. The number of benzene rings is 1. The lowest BCUT2D eigenvalue weighted by atomic mass is 9.91. The molecule has 0 aliphatic heterocycles. The largest absolute Gasteiger partial charge is 0.347 e.